The first-order valence-corrected chi connectivity index (χ1v) is 9.90. The van der Waals surface area contributed by atoms with E-state index in [4.69, 9.17) is 14.2 Å². The van der Waals surface area contributed by atoms with Crippen molar-refractivity contribution in [2.45, 2.75) is 19.9 Å². The van der Waals surface area contributed by atoms with Crippen molar-refractivity contribution in [3.63, 3.8) is 0 Å². The summed E-state index contributed by atoms with van der Waals surface area (Å²) in [5.74, 6) is -0.329. The molecule has 0 radical (unpaired) electrons. The molecule has 3 rings (SSSR count). The summed E-state index contributed by atoms with van der Waals surface area (Å²) in [6, 6.07) is 6.73. The number of carbonyl (C=O) groups is 3. The third-order valence-electron chi connectivity index (χ3n) is 4.53. The Morgan fingerprint density at radius 2 is 2.03 bits per heavy atom. The molecule has 0 aliphatic carbocycles. The predicted octanol–water partition coefficient (Wildman–Crippen LogP) is 3.31. The minimum atomic E-state index is -0.520. The Bertz CT molecular complexity index is 939. The molecule has 0 saturated carbocycles. The van der Waals surface area contributed by atoms with E-state index in [9.17, 15) is 14.4 Å². The summed E-state index contributed by atoms with van der Waals surface area (Å²) in [4.78, 5) is 39.6. The SMILES string of the molecule is CCOC(=O)N1CCc2c(sc(NC(=O)c3cccc(OC)c3)c2C(=O)OC)C1. The number of hydrogen-bond donors (Lipinski definition) is 1. The highest BCUT2D eigenvalue weighted by Crippen LogP contribution is 2.38. The van der Waals surface area contributed by atoms with Crippen molar-refractivity contribution in [1.29, 1.82) is 0 Å². The molecule has 154 valence electrons. The first kappa shape index (κ1) is 20.7. The van der Waals surface area contributed by atoms with Crippen LogP contribution < -0.4 is 10.1 Å². The molecular formula is C20H22N2O6S. The quantitative estimate of drug-likeness (QED) is 0.749. The zero-order chi connectivity index (χ0) is 21.0. The molecule has 8 nitrogen and oxygen atoms in total. The summed E-state index contributed by atoms with van der Waals surface area (Å²) in [6.45, 7) is 2.79. The van der Waals surface area contributed by atoms with E-state index in [1.165, 1.54) is 25.6 Å². The number of esters is 1. The molecule has 1 aromatic heterocycles. The number of nitrogens with zero attached hydrogens (tertiary/aromatic N) is 1. The third-order valence-corrected chi connectivity index (χ3v) is 5.66. The molecule has 1 aliphatic rings. The van der Waals surface area contributed by atoms with Crippen LogP contribution >= 0.6 is 11.3 Å². The summed E-state index contributed by atoms with van der Waals surface area (Å²) in [6.07, 6.45) is 0.0811. The number of thiophene rings is 1. The highest BCUT2D eigenvalue weighted by molar-refractivity contribution is 7.17. The molecule has 1 aliphatic heterocycles. The van der Waals surface area contributed by atoms with Gasteiger partial charge in [-0.25, -0.2) is 9.59 Å². The summed E-state index contributed by atoms with van der Waals surface area (Å²) in [7, 11) is 2.82. The Labute approximate surface area is 172 Å². The van der Waals surface area contributed by atoms with Crippen LogP contribution in [0, 0.1) is 0 Å². The van der Waals surface area contributed by atoms with Crippen molar-refractivity contribution in [3.05, 3.63) is 45.8 Å². The maximum Gasteiger partial charge on any atom is 0.410 e. The first-order valence-electron chi connectivity index (χ1n) is 9.08. The molecule has 1 N–H and O–H groups in total. The number of fused-ring (bicyclic) bond motifs is 1. The van der Waals surface area contributed by atoms with Gasteiger partial charge in [-0.05, 0) is 37.1 Å². The average molecular weight is 418 g/mol. The number of hydrogen-bond acceptors (Lipinski definition) is 7. The van der Waals surface area contributed by atoms with Crippen LogP contribution in [-0.2, 0) is 22.4 Å². The van der Waals surface area contributed by atoms with Crippen LogP contribution in [0.1, 0.15) is 38.1 Å². The Kier molecular flexibility index (Phi) is 6.38. The molecular weight excluding hydrogens is 396 g/mol. The summed E-state index contributed by atoms with van der Waals surface area (Å²) < 4.78 is 15.1. The lowest BCUT2D eigenvalue weighted by molar-refractivity contribution is 0.0600. The highest BCUT2D eigenvalue weighted by atomic mass is 32.1. The topological polar surface area (TPSA) is 94.2 Å². The molecule has 0 atom stereocenters. The van der Waals surface area contributed by atoms with Gasteiger partial charge in [0.1, 0.15) is 10.8 Å². The molecule has 0 bridgehead atoms. The highest BCUT2D eigenvalue weighted by Gasteiger charge is 2.31. The van der Waals surface area contributed by atoms with Gasteiger partial charge < -0.3 is 24.4 Å². The lowest BCUT2D eigenvalue weighted by Crippen LogP contribution is -2.36. The van der Waals surface area contributed by atoms with Crippen molar-refractivity contribution in [3.8, 4) is 5.75 Å². The van der Waals surface area contributed by atoms with Crippen molar-refractivity contribution < 1.29 is 28.6 Å². The molecule has 2 heterocycles. The fraction of sp³-hybridized carbons (Fsp3) is 0.350. The second-order valence-electron chi connectivity index (χ2n) is 6.26. The van der Waals surface area contributed by atoms with Crippen molar-refractivity contribution in [2.75, 3.05) is 32.7 Å². The second kappa shape index (κ2) is 8.95. The standard InChI is InChI=1S/C20H22N2O6S/c1-4-28-20(25)22-9-8-14-15(11-22)29-18(16(14)19(24)27-3)21-17(23)12-6-5-7-13(10-12)26-2/h5-7,10H,4,8-9,11H2,1-3H3,(H,21,23). The smallest absolute Gasteiger partial charge is 0.410 e. The minimum Gasteiger partial charge on any atom is -0.497 e. The summed E-state index contributed by atoms with van der Waals surface area (Å²) >= 11 is 1.26. The van der Waals surface area contributed by atoms with Crippen LogP contribution in [0.3, 0.4) is 0 Å². The molecule has 9 heteroatoms. The van der Waals surface area contributed by atoms with E-state index in [-0.39, 0.29) is 5.91 Å². The molecule has 0 spiro atoms. The largest absolute Gasteiger partial charge is 0.497 e. The van der Waals surface area contributed by atoms with Gasteiger partial charge in [0, 0.05) is 17.0 Å². The van der Waals surface area contributed by atoms with E-state index < -0.39 is 12.1 Å². The van der Waals surface area contributed by atoms with Gasteiger partial charge in [0.15, 0.2) is 0 Å². The van der Waals surface area contributed by atoms with Crippen molar-refractivity contribution >= 4 is 34.3 Å². The Morgan fingerprint density at radius 1 is 1.24 bits per heavy atom. The lowest BCUT2D eigenvalue weighted by atomic mass is 10.0. The normalized spacial score (nSPS) is 12.7. The molecule has 29 heavy (non-hydrogen) atoms. The average Bonchev–Trinajstić information content (AvgIpc) is 3.10. The molecule has 2 aromatic rings. The number of amides is 2. The minimum absolute atomic E-state index is 0.294. The van der Waals surface area contributed by atoms with Crippen LogP contribution in [0.25, 0.3) is 0 Å². The van der Waals surface area contributed by atoms with Gasteiger partial charge in [0.05, 0.1) is 32.9 Å². The molecule has 0 saturated heterocycles. The van der Waals surface area contributed by atoms with Gasteiger partial charge >= 0.3 is 12.1 Å². The molecule has 1 aromatic carbocycles. The van der Waals surface area contributed by atoms with Gasteiger partial charge in [0.25, 0.3) is 5.91 Å². The van der Waals surface area contributed by atoms with Gasteiger partial charge in [-0.1, -0.05) is 6.07 Å². The Hall–Kier alpha value is -3.07. The van der Waals surface area contributed by atoms with Gasteiger partial charge in [0.2, 0.25) is 0 Å². The van der Waals surface area contributed by atoms with E-state index in [2.05, 4.69) is 5.32 Å². The maximum absolute atomic E-state index is 12.7. The van der Waals surface area contributed by atoms with E-state index in [1.807, 2.05) is 0 Å². The third kappa shape index (κ3) is 4.34. The number of methoxy groups -OCH3 is 2. The molecule has 0 fully saturated rings. The van der Waals surface area contributed by atoms with Crippen LogP contribution in [-0.4, -0.2) is 50.2 Å². The number of ether oxygens (including phenoxy) is 3. The number of carbonyl (C=O) groups excluding carboxylic acids is 3. The van der Waals surface area contributed by atoms with Crippen molar-refractivity contribution in [1.82, 2.24) is 4.90 Å². The van der Waals surface area contributed by atoms with Crippen molar-refractivity contribution in [2.24, 2.45) is 0 Å². The zero-order valence-electron chi connectivity index (χ0n) is 16.4. The fourth-order valence-electron chi connectivity index (χ4n) is 3.12. The first-order chi connectivity index (χ1) is 14.0. The second-order valence-corrected chi connectivity index (χ2v) is 7.36. The van der Waals surface area contributed by atoms with E-state index in [0.29, 0.717) is 48.0 Å². The monoisotopic (exact) mass is 418 g/mol. The number of benzene rings is 1. The van der Waals surface area contributed by atoms with Gasteiger partial charge in [-0.2, -0.15) is 0 Å². The van der Waals surface area contributed by atoms with Crippen LogP contribution in [0.4, 0.5) is 9.80 Å². The summed E-state index contributed by atoms with van der Waals surface area (Å²) in [5.41, 5.74) is 1.54. The van der Waals surface area contributed by atoms with Crippen LogP contribution in [0.5, 0.6) is 5.75 Å². The maximum atomic E-state index is 12.7. The zero-order valence-corrected chi connectivity index (χ0v) is 17.3. The van der Waals surface area contributed by atoms with Crippen LogP contribution in [0.2, 0.25) is 0 Å². The molecule has 2 amide bonds. The Morgan fingerprint density at radius 3 is 2.72 bits per heavy atom. The fourth-order valence-corrected chi connectivity index (χ4v) is 4.37. The van der Waals surface area contributed by atoms with Gasteiger partial charge in [-0.15, -0.1) is 11.3 Å². The number of nitrogens with one attached hydrogen (secondary N) is 1. The number of rotatable bonds is 5. The number of anilines is 1. The lowest BCUT2D eigenvalue weighted by Gasteiger charge is -2.26. The van der Waals surface area contributed by atoms with E-state index in [1.54, 1.807) is 36.1 Å². The van der Waals surface area contributed by atoms with Crippen LogP contribution in [0.15, 0.2) is 24.3 Å². The summed E-state index contributed by atoms with van der Waals surface area (Å²) in [5, 5.41) is 3.21. The Balaban J connectivity index is 1.89. The molecule has 0 unspecified atom stereocenters. The van der Waals surface area contributed by atoms with E-state index >= 15 is 0 Å². The predicted molar refractivity (Wildman–Crippen MR) is 108 cm³/mol. The van der Waals surface area contributed by atoms with E-state index in [0.717, 1.165) is 10.4 Å². The van der Waals surface area contributed by atoms with Gasteiger partial charge in [-0.3, -0.25) is 4.79 Å².